The summed E-state index contributed by atoms with van der Waals surface area (Å²) in [4.78, 5) is 15.1. The number of fused-ring (bicyclic) bond motifs is 1. The van der Waals surface area contributed by atoms with Gasteiger partial charge in [-0.3, -0.25) is 4.79 Å². The van der Waals surface area contributed by atoms with Crippen molar-refractivity contribution < 1.29 is 22.7 Å². The molecule has 0 bridgehead atoms. The van der Waals surface area contributed by atoms with Crippen LogP contribution in [0, 0.1) is 0 Å². The zero-order valence-electron chi connectivity index (χ0n) is 17.7. The molecular formula is C22H27N3O5S. The Kier molecular flexibility index (Phi) is 6.17. The number of carbonyl (C=O) groups excluding carboxylic acids is 1. The molecule has 2 aromatic rings. The molecule has 0 spiro atoms. The summed E-state index contributed by atoms with van der Waals surface area (Å²) in [5, 5.41) is 2.93. The number of nitrogens with one attached hydrogen (secondary N) is 1. The molecule has 2 aliphatic rings. The van der Waals surface area contributed by atoms with E-state index in [1.54, 1.807) is 12.1 Å². The van der Waals surface area contributed by atoms with Gasteiger partial charge < -0.3 is 19.7 Å². The molecule has 0 unspecified atom stereocenters. The van der Waals surface area contributed by atoms with Crippen LogP contribution in [0.5, 0.6) is 11.5 Å². The van der Waals surface area contributed by atoms with E-state index >= 15 is 0 Å². The van der Waals surface area contributed by atoms with Crippen molar-refractivity contribution in [3.8, 4) is 11.5 Å². The maximum Gasteiger partial charge on any atom is 0.251 e. The van der Waals surface area contributed by atoms with Crippen LogP contribution in [-0.2, 0) is 10.0 Å². The minimum absolute atomic E-state index is 0.136. The van der Waals surface area contributed by atoms with Crippen molar-refractivity contribution in [3.05, 3.63) is 53.6 Å². The lowest BCUT2D eigenvalue weighted by molar-refractivity contribution is 0.0939. The highest BCUT2D eigenvalue weighted by Crippen LogP contribution is 2.32. The quantitative estimate of drug-likeness (QED) is 0.756. The Bertz CT molecular complexity index is 1060. The fraction of sp³-hybridized carbons (Fsp3) is 0.409. The lowest BCUT2D eigenvalue weighted by Crippen LogP contribution is -2.47. The molecule has 0 saturated carbocycles. The van der Waals surface area contributed by atoms with Crippen LogP contribution in [0.2, 0.25) is 0 Å². The van der Waals surface area contributed by atoms with E-state index in [-0.39, 0.29) is 16.8 Å². The predicted molar refractivity (Wildman–Crippen MR) is 116 cm³/mol. The van der Waals surface area contributed by atoms with Gasteiger partial charge in [-0.25, -0.2) is 8.42 Å². The summed E-state index contributed by atoms with van der Waals surface area (Å²) < 4.78 is 38.6. The highest BCUT2D eigenvalue weighted by molar-refractivity contribution is 7.89. The van der Waals surface area contributed by atoms with E-state index in [4.69, 9.17) is 9.47 Å². The highest BCUT2D eigenvalue weighted by Gasteiger charge is 2.28. The van der Waals surface area contributed by atoms with Gasteiger partial charge in [-0.15, -0.1) is 0 Å². The standard InChI is InChI=1S/C22H27N3O5S/c1-16(17-6-7-20-21(15-17)30-13-12-29-20)23-22(26)18-4-3-5-19(14-18)31(27,28)25-10-8-24(2)9-11-25/h3-7,14-16H,8-13H2,1-2H3,(H,23,26)/t16-/m0/s1. The van der Waals surface area contributed by atoms with E-state index in [9.17, 15) is 13.2 Å². The van der Waals surface area contributed by atoms with E-state index in [0.29, 0.717) is 56.5 Å². The summed E-state index contributed by atoms with van der Waals surface area (Å²) in [5.74, 6) is 1.01. The van der Waals surface area contributed by atoms with Crippen molar-refractivity contribution in [2.75, 3.05) is 46.4 Å². The number of carbonyl (C=O) groups is 1. The third kappa shape index (κ3) is 4.68. The van der Waals surface area contributed by atoms with E-state index in [0.717, 1.165) is 5.56 Å². The van der Waals surface area contributed by atoms with Crippen molar-refractivity contribution in [3.63, 3.8) is 0 Å². The van der Waals surface area contributed by atoms with Crippen LogP contribution in [0.1, 0.15) is 28.9 Å². The highest BCUT2D eigenvalue weighted by atomic mass is 32.2. The van der Waals surface area contributed by atoms with Crippen molar-refractivity contribution in [2.24, 2.45) is 0 Å². The van der Waals surface area contributed by atoms with Gasteiger partial charge in [0.05, 0.1) is 10.9 Å². The molecule has 31 heavy (non-hydrogen) atoms. The first kappa shape index (κ1) is 21.6. The predicted octanol–water partition coefficient (Wildman–Crippen LogP) is 1.88. The molecule has 1 N–H and O–H groups in total. The second kappa shape index (κ2) is 8.86. The maximum atomic E-state index is 13.0. The van der Waals surface area contributed by atoms with Gasteiger partial charge in [-0.2, -0.15) is 4.31 Å². The number of piperazine rings is 1. The number of nitrogens with zero attached hydrogens (tertiary/aromatic N) is 2. The van der Waals surface area contributed by atoms with Crippen molar-refractivity contribution in [2.45, 2.75) is 17.9 Å². The number of hydrogen-bond donors (Lipinski definition) is 1. The molecule has 1 saturated heterocycles. The van der Waals surface area contributed by atoms with Crippen molar-refractivity contribution >= 4 is 15.9 Å². The maximum absolute atomic E-state index is 13.0. The second-order valence-electron chi connectivity index (χ2n) is 7.83. The van der Waals surface area contributed by atoms with Crippen LogP contribution >= 0.6 is 0 Å². The SMILES string of the molecule is C[C@H](NC(=O)c1cccc(S(=O)(=O)N2CCN(C)CC2)c1)c1ccc2c(c1)OCCO2. The average molecular weight is 446 g/mol. The summed E-state index contributed by atoms with van der Waals surface area (Å²) in [6.07, 6.45) is 0. The largest absolute Gasteiger partial charge is 0.486 e. The van der Waals surface area contributed by atoms with Gasteiger partial charge in [0.25, 0.3) is 5.91 Å². The van der Waals surface area contributed by atoms with E-state index in [1.807, 2.05) is 32.2 Å². The topological polar surface area (TPSA) is 88.2 Å². The summed E-state index contributed by atoms with van der Waals surface area (Å²) in [6.45, 7) is 5.14. The van der Waals surface area contributed by atoms with Crippen LogP contribution in [0.4, 0.5) is 0 Å². The summed E-state index contributed by atoms with van der Waals surface area (Å²) in [5.41, 5.74) is 1.18. The molecule has 2 heterocycles. The Morgan fingerprint density at radius 2 is 1.71 bits per heavy atom. The van der Waals surface area contributed by atoms with Crippen LogP contribution in [0.15, 0.2) is 47.4 Å². The lowest BCUT2D eigenvalue weighted by Gasteiger charge is -2.31. The summed E-state index contributed by atoms with van der Waals surface area (Å²) in [7, 11) is -1.67. The van der Waals surface area contributed by atoms with Crippen molar-refractivity contribution in [1.29, 1.82) is 0 Å². The molecule has 4 rings (SSSR count). The molecule has 1 amide bonds. The van der Waals surface area contributed by atoms with Crippen LogP contribution in [0.25, 0.3) is 0 Å². The molecule has 2 aromatic carbocycles. The number of amides is 1. The van der Waals surface area contributed by atoms with Crippen molar-refractivity contribution in [1.82, 2.24) is 14.5 Å². The van der Waals surface area contributed by atoms with E-state index in [2.05, 4.69) is 10.2 Å². The molecule has 0 aromatic heterocycles. The zero-order valence-corrected chi connectivity index (χ0v) is 18.5. The number of benzene rings is 2. The number of likely N-dealkylation sites (N-methyl/N-ethyl adjacent to an activating group) is 1. The van der Waals surface area contributed by atoms with Gasteiger partial charge >= 0.3 is 0 Å². The molecule has 8 nitrogen and oxygen atoms in total. The van der Waals surface area contributed by atoms with Gasteiger partial charge in [0.2, 0.25) is 10.0 Å². The molecule has 9 heteroatoms. The zero-order chi connectivity index (χ0) is 22.0. The third-order valence-corrected chi connectivity index (χ3v) is 7.50. The smallest absolute Gasteiger partial charge is 0.251 e. The Morgan fingerprint density at radius 1 is 1.00 bits per heavy atom. The fourth-order valence-corrected chi connectivity index (χ4v) is 5.14. The Labute approximate surface area is 182 Å². The number of hydrogen-bond acceptors (Lipinski definition) is 6. The van der Waals surface area contributed by atoms with E-state index in [1.165, 1.54) is 16.4 Å². The molecular weight excluding hydrogens is 418 g/mol. The van der Waals surface area contributed by atoms with Crippen LogP contribution < -0.4 is 14.8 Å². The number of ether oxygens (including phenoxy) is 2. The Balaban J connectivity index is 1.48. The Hall–Kier alpha value is -2.62. The molecule has 1 atom stereocenters. The first-order valence-corrected chi connectivity index (χ1v) is 11.8. The van der Waals surface area contributed by atoms with Gasteiger partial charge in [0.15, 0.2) is 11.5 Å². The van der Waals surface area contributed by atoms with Gasteiger partial charge in [0, 0.05) is 31.7 Å². The van der Waals surface area contributed by atoms with Gasteiger partial charge in [0.1, 0.15) is 13.2 Å². The molecule has 1 fully saturated rings. The lowest BCUT2D eigenvalue weighted by atomic mass is 10.1. The first-order valence-electron chi connectivity index (χ1n) is 10.3. The minimum Gasteiger partial charge on any atom is -0.486 e. The van der Waals surface area contributed by atoms with Crippen LogP contribution in [-0.4, -0.2) is 70.0 Å². The number of sulfonamides is 1. The second-order valence-corrected chi connectivity index (χ2v) is 9.77. The minimum atomic E-state index is -3.64. The average Bonchev–Trinajstić information content (AvgIpc) is 2.79. The molecule has 166 valence electrons. The number of rotatable bonds is 5. The molecule has 2 aliphatic heterocycles. The summed E-state index contributed by atoms with van der Waals surface area (Å²) in [6, 6.07) is 11.5. The monoisotopic (exact) mass is 445 g/mol. The summed E-state index contributed by atoms with van der Waals surface area (Å²) >= 11 is 0. The fourth-order valence-electron chi connectivity index (χ4n) is 3.67. The Morgan fingerprint density at radius 3 is 2.45 bits per heavy atom. The normalized spacial score (nSPS) is 18.4. The first-order chi connectivity index (χ1) is 14.8. The van der Waals surface area contributed by atoms with E-state index < -0.39 is 10.0 Å². The van der Waals surface area contributed by atoms with Crippen LogP contribution in [0.3, 0.4) is 0 Å². The van der Waals surface area contributed by atoms with Gasteiger partial charge in [-0.1, -0.05) is 12.1 Å². The molecule has 0 aliphatic carbocycles. The molecule has 0 radical (unpaired) electrons. The van der Waals surface area contributed by atoms with Gasteiger partial charge in [-0.05, 0) is 49.9 Å². The third-order valence-electron chi connectivity index (χ3n) is 5.61.